The number of likely N-dealkylation sites (tertiary alicyclic amines) is 1. The normalized spacial score (nSPS) is 17.9. The van der Waals surface area contributed by atoms with E-state index in [9.17, 15) is 4.79 Å². The van der Waals surface area contributed by atoms with Gasteiger partial charge in [-0.3, -0.25) is 9.69 Å². The number of aromatic nitrogens is 4. The summed E-state index contributed by atoms with van der Waals surface area (Å²) in [4.78, 5) is 19.8. The third-order valence-electron chi connectivity index (χ3n) is 8.26. The highest BCUT2D eigenvalue weighted by molar-refractivity contribution is 5.77. The molecular weight excluding hydrogens is 488 g/mol. The Hall–Kier alpha value is -3.98. The number of nitrogens with two attached hydrogens (primary N) is 1. The van der Waals surface area contributed by atoms with Crippen molar-refractivity contribution in [2.24, 2.45) is 17.6 Å². The largest absolute Gasteiger partial charge is 0.369 e. The second-order valence-corrected chi connectivity index (χ2v) is 10.7. The highest BCUT2D eigenvalue weighted by atomic mass is 16.1. The maximum atomic E-state index is 12.6. The Labute approximate surface area is 229 Å². The van der Waals surface area contributed by atoms with Crippen LogP contribution in [0, 0.1) is 11.8 Å². The van der Waals surface area contributed by atoms with Gasteiger partial charge < -0.3 is 15.5 Å². The lowest BCUT2D eigenvalue weighted by atomic mass is 9.81. The zero-order valence-corrected chi connectivity index (χ0v) is 22.3. The standard InChI is InChI=1S/C30H36N8O/c31-30(39)26(24-13-15-35(16-14-24)22-23-7-3-1-4-8-23)21-29-33-32-27-11-12-28(34-38(27)29)37-19-17-36(18-20-37)25-9-5-2-6-10-25/h1-12,24,26H,13-22H2,(H2,31,39). The monoisotopic (exact) mass is 524 g/mol. The Morgan fingerprint density at radius 3 is 2.18 bits per heavy atom. The third-order valence-corrected chi connectivity index (χ3v) is 8.26. The first kappa shape index (κ1) is 25.3. The van der Waals surface area contributed by atoms with E-state index in [1.807, 2.05) is 24.3 Å². The predicted octanol–water partition coefficient (Wildman–Crippen LogP) is 3.01. The van der Waals surface area contributed by atoms with E-state index in [0.717, 1.165) is 64.5 Å². The quantitative estimate of drug-likeness (QED) is 0.379. The number of para-hydroxylation sites is 1. The zero-order valence-electron chi connectivity index (χ0n) is 22.3. The van der Waals surface area contributed by atoms with Crippen molar-refractivity contribution in [2.45, 2.75) is 25.8 Å². The Balaban J connectivity index is 1.11. The number of carbonyl (C=O) groups is 1. The van der Waals surface area contributed by atoms with Gasteiger partial charge in [0.25, 0.3) is 0 Å². The minimum atomic E-state index is -0.281. The van der Waals surface area contributed by atoms with Crippen LogP contribution in [-0.2, 0) is 17.8 Å². The molecular formula is C30H36N8O. The van der Waals surface area contributed by atoms with Crippen molar-refractivity contribution in [3.8, 4) is 0 Å². The number of anilines is 2. The minimum Gasteiger partial charge on any atom is -0.369 e. The van der Waals surface area contributed by atoms with Crippen LogP contribution in [-0.4, -0.2) is 69.9 Å². The van der Waals surface area contributed by atoms with E-state index >= 15 is 0 Å². The van der Waals surface area contributed by atoms with Crippen LogP contribution in [0.25, 0.3) is 5.65 Å². The fraction of sp³-hybridized carbons (Fsp3) is 0.400. The molecule has 0 aliphatic carbocycles. The molecule has 2 fully saturated rings. The number of amides is 1. The Bertz CT molecular complexity index is 1380. The number of hydrogen-bond acceptors (Lipinski definition) is 7. The molecule has 4 aromatic rings. The van der Waals surface area contributed by atoms with Gasteiger partial charge in [-0.25, -0.2) is 0 Å². The lowest BCUT2D eigenvalue weighted by Crippen LogP contribution is -2.47. The van der Waals surface area contributed by atoms with Crippen molar-refractivity contribution >= 4 is 23.1 Å². The number of piperazine rings is 1. The van der Waals surface area contributed by atoms with E-state index in [-0.39, 0.29) is 17.7 Å². The van der Waals surface area contributed by atoms with Gasteiger partial charge in [-0.05, 0) is 61.7 Å². The molecule has 2 aromatic heterocycles. The van der Waals surface area contributed by atoms with E-state index in [0.29, 0.717) is 17.9 Å². The molecule has 2 aliphatic heterocycles. The first-order valence-corrected chi connectivity index (χ1v) is 14.0. The number of benzene rings is 2. The molecule has 1 atom stereocenters. The zero-order chi connectivity index (χ0) is 26.6. The Morgan fingerprint density at radius 1 is 0.821 bits per heavy atom. The van der Waals surface area contributed by atoms with Crippen LogP contribution in [0.1, 0.15) is 24.2 Å². The van der Waals surface area contributed by atoms with Crippen LogP contribution >= 0.6 is 0 Å². The molecule has 2 aromatic carbocycles. The fourth-order valence-corrected chi connectivity index (χ4v) is 6.00. The number of hydrogen-bond donors (Lipinski definition) is 1. The number of piperidine rings is 1. The second-order valence-electron chi connectivity index (χ2n) is 10.7. The minimum absolute atomic E-state index is 0.233. The lowest BCUT2D eigenvalue weighted by Gasteiger charge is -2.36. The average molecular weight is 525 g/mol. The van der Waals surface area contributed by atoms with E-state index < -0.39 is 0 Å². The molecule has 2 N–H and O–H groups in total. The first-order valence-electron chi connectivity index (χ1n) is 14.0. The molecule has 6 rings (SSSR count). The number of rotatable bonds is 8. The van der Waals surface area contributed by atoms with Gasteiger partial charge >= 0.3 is 0 Å². The molecule has 1 amide bonds. The Kier molecular flexibility index (Phi) is 7.40. The van der Waals surface area contributed by atoms with Gasteiger partial charge in [0.1, 0.15) is 5.82 Å². The van der Waals surface area contributed by atoms with E-state index in [2.05, 4.69) is 73.4 Å². The van der Waals surface area contributed by atoms with Crippen LogP contribution in [0.15, 0.2) is 72.8 Å². The van der Waals surface area contributed by atoms with Gasteiger partial charge in [-0.2, -0.15) is 4.52 Å². The van der Waals surface area contributed by atoms with Gasteiger partial charge in [0, 0.05) is 50.7 Å². The molecule has 0 spiro atoms. The maximum Gasteiger partial charge on any atom is 0.221 e. The van der Waals surface area contributed by atoms with Crippen LogP contribution in [0.2, 0.25) is 0 Å². The number of carbonyl (C=O) groups excluding carboxylic acids is 1. The maximum absolute atomic E-state index is 12.6. The topological polar surface area (TPSA) is 95.9 Å². The summed E-state index contributed by atoms with van der Waals surface area (Å²) in [6.45, 7) is 6.50. The molecule has 0 radical (unpaired) electrons. The molecule has 9 heteroatoms. The van der Waals surface area contributed by atoms with E-state index in [1.165, 1.54) is 11.3 Å². The molecule has 2 saturated heterocycles. The lowest BCUT2D eigenvalue weighted by molar-refractivity contribution is -0.124. The summed E-state index contributed by atoms with van der Waals surface area (Å²) in [5, 5.41) is 13.7. The molecule has 1 unspecified atom stereocenters. The van der Waals surface area contributed by atoms with Crippen molar-refractivity contribution < 1.29 is 4.79 Å². The summed E-state index contributed by atoms with van der Waals surface area (Å²) in [6.07, 6.45) is 2.35. The van der Waals surface area contributed by atoms with Crippen LogP contribution in [0.3, 0.4) is 0 Å². The summed E-state index contributed by atoms with van der Waals surface area (Å²) in [5.41, 5.74) is 9.22. The summed E-state index contributed by atoms with van der Waals surface area (Å²) in [6, 6.07) is 25.0. The molecule has 0 saturated carbocycles. The van der Waals surface area contributed by atoms with Gasteiger partial charge in [0.15, 0.2) is 11.5 Å². The number of fused-ring (bicyclic) bond motifs is 1. The molecule has 9 nitrogen and oxygen atoms in total. The summed E-state index contributed by atoms with van der Waals surface area (Å²) < 4.78 is 1.80. The van der Waals surface area contributed by atoms with E-state index in [4.69, 9.17) is 10.8 Å². The van der Waals surface area contributed by atoms with Crippen LogP contribution in [0.5, 0.6) is 0 Å². The van der Waals surface area contributed by atoms with Crippen LogP contribution in [0.4, 0.5) is 11.5 Å². The summed E-state index contributed by atoms with van der Waals surface area (Å²) in [5.74, 6) is 1.29. The molecule has 202 valence electrons. The molecule has 4 heterocycles. The SMILES string of the molecule is NC(=O)C(Cc1nnc2ccc(N3CCN(c4ccccc4)CC3)nn12)C1CCN(Cc2ccccc2)CC1. The average Bonchev–Trinajstić information content (AvgIpc) is 3.39. The predicted molar refractivity (Wildman–Crippen MR) is 152 cm³/mol. The summed E-state index contributed by atoms with van der Waals surface area (Å²) >= 11 is 0. The molecule has 39 heavy (non-hydrogen) atoms. The van der Waals surface area contributed by atoms with Crippen LogP contribution < -0.4 is 15.5 Å². The third kappa shape index (κ3) is 5.73. The van der Waals surface area contributed by atoms with Gasteiger partial charge in [0.05, 0.1) is 0 Å². The second kappa shape index (κ2) is 11.4. The van der Waals surface area contributed by atoms with Gasteiger partial charge in [0.2, 0.25) is 5.91 Å². The molecule has 0 bridgehead atoms. The van der Waals surface area contributed by atoms with Crippen molar-refractivity contribution in [3.05, 3.63) is 84.2 Å². The first-order chi connectivity index (χ1) is 19.1. The molecule has 2 aliphatic rings. The van der Waals surface area contributed by atoms with Crippen molar-refractivity contribution in [3.63, 3.8) is 0 Å². The number of primary amides is 1. The van der Waals surface area contributed by atoms with Gasteiger partial charge in [-0.15, -0.1) is 15.3 Å². The fourth-order valence-electron chi connectivity index (χ4n) is 6.00. The van der Waals surface area contributed by atoms with Crippen molar-refractivity contribution in [1.29, 1.82) is 0 Å². The van der Waals surface area contributed by atoms with Crippen molar-refractivity contribution in [2.75, 3.05) is 49.1 Å². The van der Waals surface area contributed by atoms with Gasteiger partial charge in [-0.1, -0.05) is 48.5 Å². The van der Waals surface area contributed by atoms with Crippen molar-refractivity contribution in [1.82, 2.24) is 24.7 Å². The smallest absolute Gasteiger partial charge is 0.221 e. The highest BCUT2D eigenvalue weighted by Crippen LogP contribution is 2.29. The number of nitrogens with zero attached hydrogens (tertiary/aromatic N) is 7. The highest BCUT2D eigenvalue weighted by Gasteiger charge is 2.32. The van der Waals surface area contributed by atoms with E-state index in [1.54, 1.807) is 4.52 Å². The summed E-state index contributed by atoms with van der Waals surface area (Å²) in [7, 11) is 0. The Morgan fingerprint density at radius 2 is 1.49 bits per heavy atom.